The molecule has 0 spiro atoms. The van der Waals surface area contributed by atoms with Crippen molar-refractivity contribution in [3.05, 3.63) is 35.4 Å². The van der Waals surface area contributed by atoms with Gasteiger partial charge in [-0.3, -0.25) is 4.79 Å². The molecule has 2 bridgehead atoms. The van der Waals surface area contributed by atoms with Gasteiger partial charge in [0.15, 0.2) is 0 Å². The van der Waals surface area contributed by atoms with Gasteiger partial charge in [0.05, 0.1) is 0 Å². The van der Waals surface area contributed by atoms with Crippen LogP contribution in [0.25, 0.3) is 0 Å². The molecule has 3 rings (SSSR count). The van der Waals surface area contributed by atoms with Crippen molar-refractivity contribution in [1.29, 1.82) is 0 Å². The van der Waals surface area contributed by atoms with Gasteiger partial charge in [-0.2, -0.15) is 0 Å². The van der Waals surface area contributed by atoms with Crippen molar-refractivity contribution in [2.75, 3.05) is 0 Å². The number of rotatable bonds is 3. The van der Waals surface area contributed by atoms with Crippen LogP contribution in [-0.4, -0.2) is 28.9 Å². The van der Waals surface area contributed by atoms with Gasteiger partial charge < -0.3 is 10.6 Å². The highest BCUT2D eigenvalue weighted by molar-refractivity contribution is 5.77. The largest absolute Gasteiger partial charge is 0.337 e. The lowest BCUT2D eigenvalue weighted by atomic mass is 9.97. The number of carbonyl (C=O) groups excluding carboxylic acids is 1. The van der Waals surface area contributed by atoms with Gasteiger partial charge in [0.2, 0.25) is 5.91 Å². The van der Waals surface area contributed by atoms with Crippen LogP contribution in [0.4, 0.5) is 0 Å². The first-order valence-corrected chi connectivity index (χ1v) is 7.76. The van der Waals surface area contributed by atoms with E-state index in [-0.39, 0.29) is 0 Å². The summed E-state index contributed by atoms with van der Waals surface area (Å²) >= 11 is 0. The Bertz CT molecular complexity index is 486. The van der Waals surface area contributed by atoms with Crippen LogP contribution < -0.4 is 5.73 Å². The van der Waals surface area contributed by atoms with Crippen molar-refractivity contribution in [2.45, 2.75) is 63.6 Å². The third-order valence-electron chi connectivity index (χ3n) is 4.77. The third kappa shape index (κ3) is 2.73. The number of hydrogen-bond acceptors (Lipinski definition) is 2. The Morgan fingerprint density at radius 3 is 2.65 bits per heavy atom. The van der Waals surface area contributed by atoms with Gasteiger partial charge >= 0.3 is 0 Å². The summed E-state index contributed by atoms with van der Waals surface area (Å²) in [5.41, 5.74) is 8.59. The molecule has 2 unspecified atom stereocenters. The van der Waals surface area contributed by atoms with E-state index in [0.717, 1.165) is 32.1 Å². The van der Waals surface area contributed by atoms with Crippen molar-refractivity contribution < 1.29 is 4.79 Å². The lowest BCUT2D eigenvalue weighted by Gasteiger charge is -2.37. The van der Waals surface area contributed by atoms with Crippen molar-refractivity contribution in [3.63, 3.8) is 0 Å². The molecule has 108 valence electrons. The van der Waals surface area contributed by atoms with Crippen molar-refractivity contribution in [3.8, 4) is 0 Å². The molecule has 2 aliphatic heterocycles. The first-order chi connectivity index (χ1) is 9.63. The quantitative estimate of drug-likeness (QED) is 0.918. The molecular weight excluding hydrogens is 248 g/mol. The van der Waals surface area contributed by atoms with Gasteiger partial charge in [-0.25, -0.2) is 0 Å². The van der Waals surface area contributed by atoms with Gasteiger partial charge in [-0.05, 0) is 44.6 Å². The van der Waals surface area contributed by atoms with Gasteiger partial charge in [-0.15, -0.1) is 0 Å². The van der Waals surface area contributed by atoms with E-state index in [1.807, 2.05) is 0 Å². The fourth-order valence-corrected chi connectivity index (χ4v) is 3.87. The van der Waals surface area contributed by atoms with Gasteiger partial charge in [0.1, 0.15) is 0 Å². The summed E-state index contributed by atoms with van der Waals surface area (Å²) in [4.78, 5) is 14.7. The molecule has 0 aliphatic carbocycles. The van der Waals surface area contributed by atoms with Crippen LogP contribution in [-0.2, 0) is 11.2 Å². The Morgan fingerprint density at radius 2 is 2.00 bits per heavy atom. The van der Waals surface area contributed by atoms with Crippen molar-refractivity contribution in [2.24, 2.45) is 5.73 Å². The van der Waals surface area contributed by atoms with Crippen molar-refractivity contribution >= 4 is 5.91 Å². The second kappa shape index (κ2) is 5.57. The molecule has 2 heterocycles. The monoisotopic (exact) mass is 272 g/mol. The number of nitrogens with zero attached hydrogens (tertiary/aromatic N) is 1. The minimum Gasteiger partial charge on any atom is -0.337 e. The van der Waals surface area contributed by atoms with E-state index in [2.05, 4.69) is 36.1 Å². The van der Waals surface area contributed by atoms with E-state index in [9.17, 15) is 4.79 Å². The summed E-state index contributed by atoms with van der Waals surface area (Å²) < 4.78 is 0. The Hall–Kier alpha value is -1.35. The van der Waals surface area contributed by atoms with Crippen LogP contribution in [0.5, 0.6) is 0 Å². The minimum absolute atomic E-state index is 0.299. The third-order valence-corrected chi connectivity index (χ3v) is 4.77. The molecule has 2 saturated heterocycles. The lowest BCUT2D eigenvalue weighted by molar-refractivity contribution is -0.135. The summed E-state index contributed by atoms with van der Waals surface area (Å²) in [6, 6.07) is 9.57. The molecule has 0 aromatic heterocycles. The molecule has 1 aromatic rings. The van der Waals surface area contributed by atoms with Gasteiger partial charge in [0, 0.05) is 24.5 Å². The molecule has 2 N–H and O–H groups in total. The Labute approximate surface area is 121 Å². The molecule has 1 amide bonds. The first kappa shape index (κ1) is 13.6. The average Bonchev–Trinajstić information content (AvgIpc) is 2.68. The van der Waals surface area contributed by atoms with E-state index in [1.54, 1.807) is 0 Å². The van der Waals surface area contributed by atoms with E-state index in [1.165, 1.54) is 11.1 Å². The fourth-order valence-electron chi connectivity index (χ4n) is 3.87. The van der Waals surface area contributed by atoms with Crippen LogP contribution >= 0.6 is 0 Å². The molecule has 20 heavy (non-hydrogen) atoms. The van der Waals surface area contributed by atoms with Gasteiger partial charge in [-0.1, -0.05) is 29.8 Å². The van der Waals surface area contributed by atoms with E-state index in [4.69, 9.17) is 5.73 Å². The lowest BCUT2D eigenvalue weighted by Crippen LogP contribution is -2.50. The highest BCUT2D eigenvalue weighted by Gasteiger charge is 2.41. The second-order valence-corrected chi connectivity index (χ2v) is 6.41. The molecule has 0 saturated carbocycles. The number of aryl methyl sites for hydroxylation is 2. The van der Waals surface area contributed by atoms with Crippen LogP contribution in [0, 0.1) is 6.92 Å². The molecular formula is C17H24N2O. The van der Waals surface area contributed by atoms with Crippen LogP contribution in [0.1, 0.15) is 43.2 Å². The summed E-state index contributed by atoms with van der Waals surface area (Å²) in [6.07, 6.45) is 5.76. The van der Waals surface area contributed by atoms with Crippen molar-refractivity contribution in [1.82, 2.24) is 4.90 Å². The van der Waals surface area contributed by atoms with E-state index < -0.39 is 0 Å². The summed E-state index contributed by atoms with van der Waals surface area (Å²) in [6.45, 7) is 2.09. The number of hydrogen-bond donors (Lipinski definition) is 1. The number of benzene rings is 1. The molecule has 3 heteroatoms. The topological polar surface area (TPSA) is 46.3 Å². The average molecular weight is 272 g/mol. The molecule has 2 aliphatic rings. The zero-order valence-electron chi connectivity index (χ0n) is 12.2. The number of carbonyl (C=O) groups is 1. The van der Waals surface area contributed by atoms with E-state index >= 15 is 0 Å². The van der Waals surface area contributed by atoms with Crippen LogP contribution in [0.15, 0.2) is 24.3 Å². The highest BCUT2D eigenvalue weighted by Crippen LogP contribution is 2.35. The van der Waals surface area contributed by atoms with Crippen LogP contribution in [0.3, 0.4) is 0 Å². The maximum Gasteiger partial charge on any atom is 0.223 e. The highest BCUT2D eigenvalue weighted by atomic mass is 16.2. The summed E-state index contributed by atoms with van der Waals surface area (Å²) in [7, 11) is 0. The van der Waals surface area contributed by atoms with Crippen LogP contribution in [0.2, 0.25) is 0 Å². The number of fused-ring (bicyclic) bond motifs is 2. The number of amides is 1. The molecule has 2 atom stereocenters. The minimum atomic E-state index is 0.299. The maximum absolute atomic E-state index is 12.5. The Morgan fingerprint density at radius 1 is 1.30 bits per heavy atom. The smallest absolute Gasteiger partial charge is 0.223 e. The number of nitrogens with two attached hydrogens (primary N) is 1. The number of piperidine rings is 1. The fraction of sp³-hybridized carbons (Fsp3) is 0.588. The Kier molecular flexibility index (Phi) is 3.79. The molecule has 3 nitrogen and oxygen atoms in total. The summed E-state index contributed by atoms with van der Waals surface area (Å²) in [5.74, 6) is 0.325. The van der Waals surface area contributed by atoms with E-state index in [0.29, 0.717) is 30.5 Å². The summed E-state index contributed by atoms with van der Waals surface area (Å²) in [5, 5.41) is 0. The molecule has 1 aromatic carbocycles. The van der Waals surface area contributed by atoms with Gasteiger partial charge in [0.25, 0.3) is 0 Å². The zero-order valence-corrected chi connectivity index (χ0v) is 12.2. The predicted octanol–water partition coefficient (Wildman–Crippen LogP) is 2.41. The second-order valence-electron chi connectivity index (χ2n) is 6.41. The maximum atomic E-state index is 12.5. The molecule has 2 fully saturated rings. The molecule has 0 radical (unpaired) electrons. The standard InChI is InChI=1S/C17H24N2O/c1-12-3-2-4-13(9-12)5-8-17(20)19-15-6-7-16(19)11-14(18)10-15/h2-4,9,14-16H,5-8,10-11,18H2,1H3. The SMILES string of the molecule is Cc1cccc(CCC(=O)N2C3CCC2CC(N)C3)c1. The predicted molar refractivity (Wildman–Crippen MR) is 80.4 cm³/mol. The normalized spacial score (nSPS) is 28.7. The first-order valence-electron chi connectivity index (χ1n) is 7.76. The Balaban J connectivity index is 1.60. The zero-order chi connectivity index (χ0) is 14.1.